The van der Waals surface area contributed by atoms with Gasteiger partial charge in [0.15, 0.2) is 11.6 Å². The third-order valence-electron chi connectivity index (χ3n) is 3.22. The number of hydrogen-bond acceptors (Lipinski definition) is 2. The van der Waals surface area contributed by atoms with Crippen molar-refractivity contribution in [3.05, 3.63) is 30.1 Å². The predicted octanol–water partition coefficient (Wildman–Crippen LogP) is 3.34. The molecule has 0 aliphatic rings. The van der Waals surface area contributed by atoms with Crippen molar-refractivity contribution in [1.82, 2.24) is 14.9 Å². The number of aryl methyl sites for hydroxylation is 1. The normalized spacial score (nSPS) is 11.7. The molecule has 0 unspecified atom stereocenters. The Labute approximate surface area is 118 Å². The smallest absolute Gasteiger partial charge is 0.161 e. The minimum absolute atomic E-state index is 0.502. The van der Waals surface area contributed by atoms with Crippen LogP contribution in [0, 0.1) is 17.6 Å². The number of benzene rings is 1. The number of nitrogens with zero attached hydrogens (tertiary/aromatic N) is 2. The van der Waals surface area contributed by atoms with Crippen molar-refractivity contribution in [3.63, 3.8) is 0 Å². The molecule has 0 aliphatic carbocycles. The van der Waals surface area contributed by atoms with E-state index in [0.29, 0.717) is 17.0 Å². The number of fused-ring (bicyclic) bond motifs is 1. The van der Waals surface area contributed by atoms with E-state index in [1.807, 2.05) is 4.57 Å². The van der Waals surface area contributed by atoms with Gasteiger partial charge in [0, 0.05) is 18.7 Å². The fraction of sp³-hybridized carbons (Fsp3) is 0.533. The SMILES string of the molecule is CC(C)CNCCCCn1cnc2cc(F)c(F)cc21. The highest BCUT2D eigenvalue weighted by Crippen LogP contribution is 2.17. The number of aromatic nitrogens is 2. The monoisotopic (exact) mass is 281 g/mol. The number of hydrogen-bond donors (Lipinski definition) is 1. The summed E-state index contributed by atoms with van der Waals surface area (Å²) in [6.07, 6.45) is 3.68. The molecule has 0 radical (unpaired) electrons. The van der Waals surface area contributed by atoms with E-state index < -0.39 is 11.6 Å². The Morgan fingerprint density at radius 3 is 2.70 bits per heavy atom. The van der Waals surface area contributed by atoms with Crippen LogP contribution < -0.4 is 5.32 Å². The average molecular weight is 281 g/mol. The van der Waals surface area contributed by atoms with Crippen molar-refractivity contribution < 1.29 is 8.78 Å². The van der Waals surface area contributed by atoms with Gasteiger partial charge in [0.25, 0.3) is 0 Å². The van der Waals surface area contributed by atoms with E-state index in [1.165, 1.54) is 6.07 Å². The van der Waals surface area contributed by atoms with E-state index >= 15 is 0 Å². The Hall–Kier alpha value is -1.49. The van der Waals surface area contributed by atoms with Gasteiger partial charge in [0.1, 0.15) is 0 Å². The van der Waals surface area contributed by atoms with Crippen LogP contribution in [0.25, 0.3) is 11.0 Å². The second kappa shape index (κ2) is 6.79. The number of halogens is 2. The van der Waals surface area contributed by atoms with Crippen LogP contribution >= 0.6 is 0 Å². The minimum atomic E-state index is -0.847. The van der Waals surface area contributed by atoms with Crippen LogP contribution in [0.2, 0.25) is 0 Å². The van der Waals surface area contributed by atoms with Crippen molar-refractivity contribution in [1.29, 1.82) is 0 Å². The van der Waals surface area contributed by atoms with E-state index in [4.69, 9.17) is 0 Å². The van der Waals surface area contributed by atoms with Crippen LogP contribution in [0.3, 0.4) is 0 Å². The van der Waals surface area contributed by atoms with Gasteiger partial charge in [0.05, 0.1) is 17.4 Å². The third-order valence-corrected chi connectivity index (χ3v) is 3.22. The van der Waals surface area contributed by atoms with Gasteiger partial charge in [-0.05, 0) is 31.8 Å². The highest BCUT2D eigenvalue weighted by atomic mass is 19.2. The summed E-state index contributed by atoms with van der Waals surface area (Å²) in [5.74, 6) is -1.01. The highest BCUT2D eigenvalue weighted by Gasteiger charge is 2.08. The van der Waals surface area contributed by atoms with E-state index in [1.54, 1.807) is 6.33 Å². The molecule has 1 aromatic carbocycles. The largest absolute Gasteiger partial charge is 0.331 e. The van der Waals surface area contributed by atoms with Gasteiger partial charge in [-0.15, -0.1) is 0 Å². The molecular formula is C15H21F2N3. The average Bonchev–Trinajstić information content (AvgIpc) is 2.76. The van der Waals surface area contributed by atoms with Crippen LogP contribution in [-0.4, -0.2) is 22.6 Å². The lowest BCUT2D eigenvalue weighted by Crippen LogP contribution is -2.20. The van der Waals surface area contributed by atoms with E-state index in [2.05, 4.69) is 24.1 Å². The van der Waals surface area contributed by atoms with E-state index in [-0.39, 0.29) is 0 Å². The van der Waals surface area contributed by atoms with Gasteiger partial charge in [-0.1, -0.05) is 13.8 Å². The molecule has 1 aromatic heterocycles. The summed E-state index contributed by atoms with van der Waals surface area (Å²) in [6.45, 7) is 7.13. The number of imidazole rings is 1. The maximum absolute atomic E-state index is 13.2. The molecule has 2 aromatic rings. The zero-order valence-corrected chi connectivity index (χ0v) is 12.0. The molecule has 0 saturated heterocycles. The van der Waals surface area contributed by atoms with Gasteiger partial charge in [-0.25, -0.2) is 13.8 Å². The molecule has 1 N–H and O–H groups in total. The molecule has 0 aliphatic heterocycles. The van der Waals surface area contributed by atoms with E-state index in [9.17, 15) is 8.78 Å². The Balaban J connectivity index is 1.86. The summed E-state index contributed by atoms with van der Waals surface area (Å²) in [7, 11) is 0. The fourth-order valence-electron chi connectivity index (χ4n) is 2.15. The summed E-state index contributed by atoms with van der Waals surface area (Å²) in [5.41, 5.74) is 1.15. The van der Waals surface area contributed by atoms with Crippen LogP contribution in [0.15, 0.2) is 18.5 Å². The molecule has 20 heavy (non-hydrogen) atoms. The quantitative estimate of drug-likeness (QED) is 0.789. The molecule has 0 fully saturated rings. The summed E-state index contributed by atoms with van der Waals surface area (Å²) in [5, 5.41) is 3.38. The van der Waals surface area contributed by atoms with Crippen molar-refractivity contribution in [2.24, 2.45) is 5.92 Å². The molecule has 0 spiro atoms. The lowest BCUT2D eigenvalue weighted by atomic mass is 10.2. The Kier molecular flexibility index (Phi) is 5.06. The molecule has 0 atom stereocenters. The van der Waals surface area contributed by atoms with Gasteiger partial charge in [-0.2, -0.15) is 0 Å². The Morgan fingerprint density at radius 2 is 1.95 bits per heavy atom. The second-order valence-corrected chi connectivity index (χ2v) is 5.50. The maximum atomic E-state index is 13.2. The summed E-state index contributed by atoms with van der Waals surface area (Å²) < 4.78 is 28.2. The molecule has 5 heteroatoms. The van der Waals surface area contributed by atoms with Crippen molar-refractivity contribution in [2.75, 3.05) is 13.1 Å². The zero-order valence-electron chi connectivity index (χ0n) is 12.0. The Morgan fingerprint density at radius 1 is 1.20 bits per heavy atom. The molecule has 2 rings (SSSR count). The van der Waals surface area contributed by atoms with Gasteiger partial charge in [-0.3, -0.25) is 0 Å². The third kappa shape index (κ3) is 3.76. The first-order chi connectivity index (χ1) is 9.58. The second-order valence-electron chi connectivity index (χ2n) is 5.50. The summed E-state index contributed by atoms with van der Waals surface area (Å²) in [6, 6.07) is 2.36. The first-order valence-corrected chi connectivity index (χ1v) is 7.08. The van der Waals surface area contributed by atoms with Gasteiger partial charge in [0.2, 0.25) is 0 Å². The van der Waals surface area contributed by atoms with Crippen LogP contribution in [0.5, 0.6) is 0 Å². The van der Waals surface area contributed by atoms with Crippen molar-refractivity contribution in [3.8, 4) is 0 Å². The van der Waals surface area contributed by atoms with Crippen LogP contribution in [0.1, 0.15) is 26.7 Å². The van der Waals surface area contributed by atoms with Crippen LogP contribution in [-0.2, 0) is 6.54 Å². The minimum Gasteiger partial charge on any atom is -0.331 e. The molecule has 3 nitrogen and oxygen atoms in total. The molecule has 110 valence electrons. The summed E-state index contributed by atoms with van der Waals surface area (Å²) >= 11 is 0. The first kappa shape index (κ1) is 14.9. The molecule has 0 amide bonds. The highest BCUT2D eigenvalue weighted by molar-refractivity contribution is 5.75. The molecule has 0 bridgehead atoms. The molecule has 0 saturated carbocycles. The standard InChI is InChI=1S/C15H21F2N3/c1-11(2)9-18-5-3-4-6-20-10-19-14-7-12(16)13(17)8-15(14)20/h7-8,10-11,18H,3-6,9H2,1-2H3. The number of nitrogens with one attached hydrogen (secondary N) is 1. The van der Waals surface area contributed by atoms with Crippen molar-refractivity contribution in [2.45, 2.75) is 33.2 Å². The van der Waals surface area contributed by atoms with Crippen molar-refractivity contribution >= 4 is 11.0 Å². The molecule has 1 heterocycles. The maximum Gasteiger partial charge on any atom is 0.161 e. The Bertz CT molecular complexity index is 563. The van der Waals surface area contributed by atoms with Gasteiger partial charge >= 0.3 is 0 Å². The van der Waals surface area contributed by atoms with Crippen LogP contribution in [0.4, 0.5) is 8.78 Å². The number of rotatable bonds is 7. The van der Waals surface area contributed by atoms with E-state index in [0.717, 1.165) is 38.5 Å². The lowest BCUT2D eigenvalue weighted by molar-refractivity contribution is 0.509. The lowest BCUT2D eigenvalue weighted by Gasteiger charge is -2.08. The molecular weight excluding hydrogens is 260 g/mol. The number of unbranched alkanes of at least 4 members (excludes halogenated alkanes) is 1. The first-order valence-electron chi connectivity index (χ1n) is 7.08. The van der Waals surface area contributed by atoms with Gasteiger partial charge < -0.3 is 9.88 Å². The fourth-order valence-corrected chi connectivity index (χ4v) is 2.15. The zero-order chi connectivity index (χ0) is 14.5. The predicted molar refractivity (Wildman–Crippen MR) is 76.6 cm³/mol. The topological polar surface area (TPSA) is 29.9 Å². The summed E-state index contributed by atoms with van der Waals surface area (Å²) in [4.78, 5) is 4.10.